The van der Waals surface area contributed by atoms with Gasteiger partial charge in [0, 0.05) is 25.6 Å². The van der Waals surface area contributed by atoms with E-state index in [1.54, 1.807) is 7.11 Å². The number of methoxy groups -OCH3 is 1. The lowest BCUT2D eigenvalue weighted by atomic mass is 10.0. The van der Waals surface area contributed by atoms with Crippen molar-refractivity contribution in [3.05, 3.63) is 16.1 Å². The Morgan fingerprint density at radius 3 is 3.05 bits per heavy atom. The Labute approximate surface area is 124 Å². The third kappa shape index (κ3) is 4.23. The topological polar surface area (TPSA) is 71.5 Å². The van der Waals surface area contributed by atoms with Crippen molar-refractivity contribution in [2.45, 2.75) is 26.3 Å². The second-order valence-corrected chi connectivity index (χ2v) is 7.82. The van der Waals surface area contributed by atoms with E-state index in [1.807, 2.05) is 12.3 Å². The average molecular weight is 319 g/mol. The summed E-state index contributed by atoms with van der Waals surface area (Å²) >= 11 is 1.52. The van der Waals surface area contributed by atoms with Gasteiger partial charge in [-0.15, -0.1) is 11.3 Å². The van der Waals surface area contributed by atoms with E-state index in [0.29, 0.717) is 19.7 Å². The van der Waals surface area contributed by atoms with Crippen LogP contribution in [0.1, 0.15) is 23.5 Å². The molecule has 1 saturated heterocycles. The summed E-state index contributed by atoms with van der Waals surface area (Å²) in [7, 11) is -1.78. The highest BCUT2D eigenvalue weighted by atomic mass is 32.2. The van der Waals surface area contributed by atoms with E-state index < -0.39 is 10.2 Å². The van der Waals surface area contributed by atoms with Crippen LogP contribution in [0.5, 0.6) is 0 Å². The second kappa shape index (κ2) is 6.95. The Balaban J connectivity index is 1.92. The van der Waals surface area contributed by atoms with Gasteiger partial charge in [-0.3, -0.25) is 0 Å². The van der Waals surface area contributed by atoms with E-state index in [4.69, 9.17) is 4.74 Å². The van der Waals surface area contributed by atoms with E-state index >= 15 is 0 Å². The molecule has 1 atom stereocenters. The van der Waals surface area contributed by atoms with Crippen LogP contribution >= 0.6 is 11.3 Å². The van der Waals surface area contributed by atoms with Gasteiger partial charge >= 0.3 is 0 Å². The van der Waals surface area contributed by atoms with Crippen LogP contribution in [0.15, 0.2) is 5.38 Å². The molecule has 1 aliphatic heterocycles. The van der Waals surface area contributed by atoms with Crippen LogP contribution in [-0.2, 0) is 21.5 Å². The summed E-state index contributed by atoms with van der Waals surface area (Å²) in [5.41, 5.74) is 0.765. The third-order valence-electron chi connectivity index (χ3n) is 3.33. The molecule has 114 valence electrons. The van der Waals surface area contributed by atoms with Gasteiger partial charge in [0.25, 0.3) is 10.2 Å². The maximum Gasteiger partial charge on any atom is 0.279 e. The van der Waals surface area contributed by atoms with Gasteiger partial charge in [-0.1, -0.05) is 0 Å². The minimum absolute atomic E-state index is 0.248. The van der Waals surface area contributed by atoms with Crippen molar-refractivity contribution in [3.8, 4) is 0 Å². The molecule has 0 saturated carbocycles. The number of rotatable bonds is 6. The van der Waals surface area contributed by atoms with Gasteiger partial charge in [-0.2, -0.15) is 17.4 Å². The number of piperidine rings is 1. The number of hydrogen-bond acceptors (Lipinski definition) is 5. The monoisotopic (exact) mass is 319 g/mol. The second-order valence-electron chi connectivity index (χ2n) is 5.01. The third-order valence-corrected chi connectivity index (χ3v) is 5.67. The predicted molar refractivity (Wildman–Crippen MR) is 78.8 cm³/mol. The highest BCUT2D eigenvalue weighted by Gasteiger charge is 2.28. The summed E-state index contributed by atoms with van der Waals surface area (Å²) < 4.78 is 33.8. The first kappa shape index (κ1) is 15.8. The molecule has 6 nitrogen and oxygen atoms in total. The van der Waals surface area contributed by atoms with Crippen molar-refractivity contribution in [1.82, 2.24) is 14.0 Å². The summed E-state index contributed by atoms with van der Waals surface area (Å²) in [6.45, 7) is 3.86. The average Bonchev–Trinajstić information content (AvgIpc) is 2.83. The van der Waals surface area contributed by atoms with Crippen molar-refractivity contribution in [2.75, 3.05) is 26.8 Å². The Kier molecular flexibility index (Phi) is 5.50. The van der Waals surface area contributed by atoms with Gasteiger partial charge in [-0.25, -0.2) is 4.98 Å². The predicted octanol–water partition coefficient (Wildman–Crippen LogP) is 1.14. The lowest BCUT2D eigenvalue weighted by Crippen LogP contribution is -2.46. The van der Waals surface area contributed by atoms with Crippen LogP contribution in [0.2, 0.25) is 0 Å². The molecule has 1 aliphatic rings. The fraction of sp³-hybridized carbons (Fsp3) is 0.750. The molecule has 0 bridgehead atoms. The highest BCUT2D eigenvalue weighted by molar-refractivity contribution is 7.87. The number of aryl methyl sites for hydroxylation is 1. The molecule has 2 rings (SSSR count). The molecule has 1 N–H and O–H groups in total. The van der Waals surface area contributed by atoms with Crippen LogP contribution in [0.3, 0.4) is 0 Å². The zero-order valence-corrected chi connectivity index (χ0v) is 13.5. The maximum absolute atomic E-state index is 12.3. The molecular formula is C12H21N3O3S2. The zero-order valence-electron chi connectivity index (χ0n) is 11.8. The first-order valence-electron chi connectivity index (χ1n) is 6.66. The molecule has 0 radical (unpaired) electrons. The fourth-order valence-corrected chi connectivity index (χ4v) is 4.26. The smallest absolute Gasteiger partial charge is 0.279 e. The first-order chi connectivity index (χ1) is 9.51. The summed E-state index contributed by atoms with van der Waals surface area (Å²) in [5, 5.41) is 2.82. The van der Waals surface area contributed by atoms with E-state index in [-0.39, 0.29) is 12.5 Å². The van der Waals surface area contributed by atoms with Crippen molar-refractivity contribution < 1.29 is 13.2 Å². The summed E-state index contributed by atoms with van der Waals surface area (Å²) in [6, 6.07) is 0. The molecule has 1 fully saturated rings. The molecule has 0 spiro atoms. The lowest BCUT2D eigenvalue weighted by Gasteiger charge is -2.31. The van der Waals surface area contributed by atoms with Crippen LogP contribution in [0.25, 0.3) is 0 Å². The van der Waals surface area contributed by atoms with Gasteiger partial charge in [0.15, 0.2) is 0 Å². The van der Waals surface area contributed by atoms with E-state index in [0.717, 1.165) is 23.5 Å². The van der Waals surface area contributed by atoms with Crippen LogP contribution in [-0.4, -0.2) is 44.5 Å². The number of nitrogens with zero attached hydrogens (tertiary/aromatic N) is 2. The Morgan fingerprint density at radius 2 is 2.40 bits per heavy atom. The molecule has 1 aromatic heterocycles. The van der Waals surface area contributed by atoms with E-state index in [9.17, 15) is 8.42 Å². The lowest BCUT2D eigenvalue weighted by molar-refractivity contribution is 0.118. The molecule has 0 aromatic carbocycles. The Bertz CT molecular complexity index is 528. The molecule has 2 heterocycles. The van der Waals surface area contributed by atoms with Crippen LogP contribution in [0, 0.1) is 12.8 Å². The Morgan fingerprint density at radius 1 is 1.60 bits per heavy atom. The number of nitrogens with one attached hydrogen (secondary N) is 1. The Hall–Kier alpha value is -0.540. The molecule has 0 aliphatic carbocycles. The van der Waals surface area contributed by atoms with Gasteiger partial charge < -0.3 is 4.74 Å². The normalized spacial score (nSPS) is 21.2. The minimum Gasteiger partial charge on any atom is -0.384 e. The molecule has 1 aromatic rings. The molecule has 0 unspecified atom stereocenters. The molecule has 8 heteroatoms. The SMILES string of the molecule is COC[C@@H]1CCCN(S(=O)(=O)NCc2csc(C)n2)C1. The fourth-order valence-electron chi connectivity index (χ4n) is 2.36. The molecule has 20 heavy (non-hydrogen) atoms. The van der Waals surface area contributed by atoms with E-state index in [2.05, 4.69) is 9.71 Å². The largest absolute Gasteiger partial charge is 0.384 e. The summed E-state index contributed by atoms with van der Waals surface area (Å²) in [5.74, 6) is 0.284. The highest BCUT2D eigenvalue weighted by Crippen LogP contribution is 2.19. The van der Waals surface area contributed by atoms with Crippen molar-refractivity contribution in [2.24, 2.45) is 5.92 Å². The number of hydrogen-bond donors (Lipinski definition) is 1. The quantitative estimate of drug-likeness (QED) is 0.853. The van der Waals surface area contributed by atoms with Crippen molar-refractivity contribution >= 4 is 21.5 Å². The number of aromatic nitrogens is 1. The zero-order chi connectivity index (χ0) is 14.6. The standard InChI is InChI=1S/C12H21N3O3S2/c1-10-14-12(9-19-10)6-13-20(16,17)15-5-3-4-11(7-15)8-18-2/h9,11,13H,3-8H2,1-2H3/t11-/m1/s1. The van der Waals surface area contributed by atoms with Crippen molar-refractivity contribution in [1.29, 1.82) is 0 Å². The van der Waals surface area contributed by atoms with Gasteiger partial charge in [0.1, 0.15) is 0 Å². The van der Waals surface area contributed by atoms with Crippen LogP contribution in [0.4, 0.5) is 0 Å². The summed E-state index contributed by atoms with van der Waals surface area (Å²) in [4.78, 5) is 4.26. The molecule has 0 amide bonds. The number of ether oxygens (including phenoxy) is 1. The summed E-state index contributed by atoms with van der Waals surface area (Å²) in [6.07, 6.45) is 1.90. The molecular weight excluding hydrogens is 298 g/mol. The van der Waals surface area contributed by atoms with E-state index in [1.165, 1.54) is 15.6 Å². The number of thiazole rings is 1. The first-order valence-corrected chi connectivity index (χ1v) is 8.98. The maximum atomic E-state index is 12.3. The minimum atomic E-state index is -3.43. The van der Waals surface area contributed by atoms with Crippen LogP contribution < -0.4 is 4.72 Å². The van der Waals surface area contributed by atoms with Gasteiger partial charge in [-0.05, 0) is 25.7 Å². The van der Waals surface area contributed by atoms with Gasteiger partial charge in [0.05, 0.1) is 23.9 Å². The van der Waals surface area contributed by atoms with Gasteiger partial charge in [0.2, 0.25) is 0 Å². The van der Waals surface area contributed by atoms with Crippen molar-refractivity contribution in [3.63, 3.8) is 0 Å².